The first-order valence-corrected chi connectivity index (χ1v) is 8.48. The number of amides is 1. The molecule has 1 saturated heterocycles. The van der Waals surface area contributed by atoms with Crippen molar-refractivity contribution in [3.05, 3.63) is 17.6 Å². The molecule has 1 aromatic heterocycles. The second kappa shape index (κ2) is 5.38. The number of aryl methyl sites for hydroxylation is 1. The standard InChI is InChI=1S/C12H16ClNO5S/c1-8-10(20(13,16)17)7-9(19-8)11(15)14-12(2)3-5-18-6-4-12/h7H,3-6H2,1-2H3,(H,14,15). The van der Waals surface area contributed by atoms with Crippen LogP contribution in [-0.4, -0.2) is 33.1 Å². The third-order valence-electron chi connectivity index (χ3n) is 3.37. The quantitative estimate of drug-likeness (QED) is 0.858. The number of carbonyl (C=O) groups excluding carboxylic acids is 1. The van der Waals surface area contributed by atoms with E-state index in [0.717, 1.165) is 6.07 Å². The zero-order valence-electron chi connectivity index (χ0n) is 11.2. The van der Waals surface area contributed by atoms with Gasteiger partial charge < -0.3 is 14.5 Å². The van der Waals surface area contributed by atoms with Crippen molar-refractivity contribution in [1.82, 2.24) is 5.32 Å². The highest BCUT2D eigenvalue weighted by Gasteiger charge is 2.31. The lowest BCUT2D eigenvalue weighted by Crippen LogP contribution is -2.49. The minimum atomic E-state index is -3.92. The maximum atomic E-state index is 12.1. The zero-order valence-corrected chi connectivity index (χ0v) is 12.8. The molecule has 112 valence electrons. The number of ether oxygens (including phenoxy) is 1. The maximum absolute atomic E-state index is 12.1. The number of furan rings is 1. The predicted octanol–water partition coefficient (Wildman–Crippen LogP) is 1.81. The normalized spacial score (nSPS) is 18.8. The average molecular weight is 322 g/mol. The van der Waals surface area contributed by atoms with E-state index in [4.69, 9.17) is 19.8 Å². The molecule has 1 amide bonds. The van der Waals surface area contributed by atoms with E-state index in [0.29, 0.717) is 26.1 Å². The lowest BCUT2D eigenvalue weighted by atomic mass is 9.92. The molecule has 0 spiro atoms. The van der Waals surface area contributed by atoms with Gasteiger partial charge in [0.2, 0.25) is 0 Å². The molecule has 1 aromatic rings. The fraction of sp³-hybridized carbons (Fsp3) is 0.583. The number of carbonyl (C=O) groups is 1. The van der Waals surface area contributed by atoms with Gasteiger partial charge in [0.25, 0.3) is 15.0 Å². The minimum Gasteiger partial charge on any atom is -0.455 e. The Labute approximate surface area is 121 Å². The van der Waals surface area contributed by atoms with Crippen LogP contribution in [0.25, 0.3) is 0 Å². The van der Waals surface area contributed by atoms with Gasteiger partial charge in [0, 0.05) is 35.5 Å². The minimum absolute atomic E-state index is 0.0607. The van der Waals surface area contributed by atoms with Gasteiger partial charge in [0.15, 0.2) is 5.76 Å². The van der Waals surface area contributed by atoms with Crippen LogP contribution in [0.5, 0.6) is 0 Å². The van der Waals surface area contributed by atoms with E-state index in [-0.39, 0.29) is 22.0 Å². The molecule has 2 heterocycles. The Morgan fingerprint density at radius 2 is 2.00 bits per heavy atom. The summed E-state index contributed by atoms with van der Waals surface area (Å²) >= 11 is 0. The van der Waals surface area contributed by atoms with Gasteiger partial charge in [-0.1, -0.05) is 0 Å². The summed E-state index contributed by atoms with van der Waals surface area (Å²) < 4.78 is 33.0. The lowest BCUT2D eigenvalue weighted by molar-refractivity contribution is 0.0414. The summed E-state index contributed by atoms with van der Waals surface area (Å²) in [6.07, 6.45) is 1.39. The van der Waals surface area contributed by atoms with E-state index in [2.05, 4.69) is 5.32 Å². The molecule has 1 N–H and O–H groups in total. The third-order valence-corrected chi connectivity index (χ3v) is 4.80. The first-order chi connectivity index (χ1) is 9.21. The van der Waals surface area contributed by atoms with E-state index >= 15 is 0 Å². The van der Waals surface area contributed by atoms with Crippen molar-refractivity contribution in [2.45, 2.75) is 37.1 Å². The Kier molecular flexibility index (Phi) is 4.13. The van der Waals surface area contributed by atoms with Gasteiger partial charge in [-0.25, -0.2) is 8.42 Å². The first-order valence-electron chi connectivity index (χ1n) is 6.17. The summed E-state index contributed by atoms with van der Waals surface area (Å²) in [6.45, 7) is 4.52. The summed E-state index contributed by atoms with van der Waals surface area (Å²) in [5.41, 5.74) is -0.379. The Morgan fingerprint density at radius 1 is 1.40 bits per heavy atom. The lowest BCUT2D eigenvalue weighted by Gasteiger charge is -2.34. The molecule has 0 bridgehead atoms. The maximum Gasteiger partial charge on any atom is 0.287 e. The second-order valence-electron chi connectivity index (χ2n) is 5.10. The Bertz CT molecular complexity index is 616. The van der Waals surface area contributed by atoms with Crippen LogP contribution in [0, 0.1) is 6.92 Å². The summed E-state index contributed by atoms with van der Waals surface area (Å²) in [6, 6.07) is 1.15. The van der Waals surface area contributed by atoms with Gasteiger partial charge >= 0.3 is 0 Å². The summed E-state index contributed by atoms with van der Waals surface area (Å²) in [5, 5.41) is 2.85. The van der Waals surface area contributed by atoms with Gasteiger partial charge in [-0.2, -0.15) is 0 Å². The molecular formula is C12H16ClNO5S. The van der Waals surface area contributed by atoms with Crippen LogP contribution in [-0.2, 0) is 13.8 Å². The molecule has 20 heavy (non-hydrogen) atoms. The SMILES string of the molecule is Cc1oc(C(=O)NC2(C)CCOCC2)cc1S(=O)(=O)Cl. The monoisotopic (exact) mass is 321 g/mol. The van der Waals surface area contributed by atoms with Crippen molar-refractivity contribution < 1.29 is 22.4 Å². The highest BCUT2D eigenvalue weighted by Crippen LogP contribution is 2.25. The summed E-state index contributed by atoms with van der Waals surface area (Å²) in [4.78, 5) is 11.9. The van der Waals surface area contributed by atoms with Gasteiger partial charge in [0.05, 0.1) is 0 Å². The zero-order chi connectivity index (χ0) is 15.0. The summed E-state index contributed by atoms with van der Waals surface area (Å²) in [7, 11) is 1.35. The van der Waals surface area contributed by atoms with E-state index in [1.165, 1.54) is 6.92 Å². The fourth-order valence-electron chi connectivity index (χ4n) is 2.10. The molecule has 0 unspecified atom stereocenters. The Balaban J connectivity index is 2.18. The highest BCUT2D eigenvalue weighted by atomic mass is 35.7. The average Bonchev–Trinajstić information content (AvgIpc) is 2.71. The second-order valence-corrected chi connectivity index (χ2v) is 7.63. The molecule has 2 rings (SSSR count). The number of hydrogen-bond acceptors (Lipinski definition) is 5. The van der Waals surface area contributed by atoms with Crippen LogP contribution in [0.4, 0.5) is 0 Å². The molecule has 0 aliphatic carbocycles. The predicted molar refractivity (Wildman–Crippen MR) is 72.4 cm³/mol. The first kappa shape index (κ1) is 15.3. The van der Waals surface area contributed by atoms with Gasteiger partial charge in [-0.05, 0) is 26.7 Å². The van der Waals surface area contributed by atoms with E-state index in [1.54, 1.807) is 0 Å². The molecule has 0 atom stereocenters. The van der Waals surface area contributed by atoms with Gasteiger partial charge in [0.1, 0.15) is 10.7 Å². The molecule has 1 aliphatic heterocycles. The van der Waals surface area contributed by atoms with Crippen molar-refractivity contribution in [1.29, 1.82) is 0 Å². The number of nitrogens with one attached hydrogen (secondary N) is 1. The highest BCUT2D eigenvalue weighted by molar-refractivity contribution is 8.13. The van der Waals surface area contributed by atoms with Crippen LogP contribution < -0.4 is 5.32 Å². The van der Waals surface area contributed by atoms with Crippen LogP contribution in [0.3, 0.4) is 0 Å². The molecule has 0 aromatic carbocycles. The number of rotatable bonds is 3. The van der Waals surface area contributed by atoms with Crippen molar-refractivity contribution in [3.8, 4) is 0 Å². The van der Waals surface area contributed by atoms with Crippen molar-refractivity contribution in [2.75, 3.05) is 13.2 Å². The smallest absolute Gasteiger partial charge is 0.287 e. The molecule has 0 saturated carbocycles. The van der Waals surface area contributed by atoms with E-state index in [1.807, 2.05) is 6.92 Å². The van der Waals surface area contributed by atoms with Gasteiger partial charge in [-0.15, -0.1) is 0 Å². The molecule has 8 heteroatoms. The van der Waals surface area contributed by atoms with Crippen LogP contribution in [0.15, 0.2) is 15.4 Å². The van der Waals surface area contributed by atoms with E-state index < -0.39 is 15.0 Å². The fourth-order valence-corrected chi connectivity index (χ4v) is 3.19. The molecule has 6 nitrogen and oxygen atoms in total. The van der Waals surface area contributed by atoms with Crippen LogP contribution >= 0.6 is 10.7 Å². The molecule has 1 aliphatic rings. The van der Waals surface area contributed by atoms with Crippen molar-refractivity contribution >= 4 is 25.6 Å². The molecule has 0 radical (unpaired) electrons. The van der Waals surface area contributed by atoms with Crippen molar-refractivity contribution in [2.24, 2.45) is 0 Å². The Morgan fingerprint density at radius 3 is 2.50 bits per heavy atom. The number of halogens is 1. The van der Waals surface area contributed by atoms with Gasteiger partial charge in [-0.3, -0.25) is 4.79 Å². The van der Waals surface area contributed by atoms with Crippen LogP contribution in [0.1, 0.15) is 36.1 Å². The summed E-state index contributed by atoms with van der Waals surface area (Å²) in [5.74, 6) is -0.416. The molecular weight excluding hydrogens is 306 g/mol. The van der Waals surface area contributed by atoms with Crippen LogP contribution in [0.2, 0.25) is 0 Å². The number of hydrogen-bond donors (Lipinski definition) is 1. The molecule has 1 fully saturated rings. The largest absolute Gasteiger partial charge is 0.455 e. The third kappa shape index (κ3) is 3.34. The van der Waals surface area contributed by atoms with E-state index in [9.17, 15) is 13.2 Å². The van der Waals surface area contributed by atoms with Crippen molar-refractivity contribution in [3.63, 3.8) is 0 Å². The Hall–Kier alpha value is -1.05. The topological polar surface area (TPSA) is 85.6 Å².